The number of hydrogen-bond acceptors (Lipinski definition) is 4. The fraction of sp³-hybridized carbons (Fsp3) is 0.0526. The minimum Gasteiger partial charge on any atom is -0.353 e. The lowest BCUT2D eigenvalue weighted by atomic mass is 9.94. The summed E-state index contributed by atoms with van der Waals surface area (Å²) in [5.74, 6) is 0. The van der Waals surface area contributed by atoms with Crippen LogP contribution >= 0.6 is 0 Å². The Morgan fingerprint density at radius 1 is 0.246 bits per heavy atom. The second kappa shape index (κ2) is 17.6. The van der Waals surface area contributed by atoms with Crippen LogP contribution in [0.3, 0.4) is 0 Å². The fourth-order valence-corrected chi connectivity index (χ4v) is 8.26. The lowest BCUT2D eigenvalue weighted by Crippen LogP contribution is -2.16. The van der Waals surface area contributed by atoms with E-state index in [4.69, 9.17) is 0 Å². The van der Waals surface area contributed by atoms with Gasteiger partial charge in [-0.1, -0.05) is 164 Å². The van der Waals surface area contributed by atoms with Crippen molar-refractivity contribution in [3.63, 3.8) is 0 Å². The zero-order valence-corrected chi connectivity index (χ0v) is 34.7. The normalized spacial score (nSPS) is 10.9. The Morgan fingerprint density at radius 3 is 0.770 bits per heavy atom. The monoisotopic (exact) mass is 788 g/mol. The second-order valence-corrected chi connectivity index (χ2v) is 15.4. The first kappa shape index (κ1) is 38.7. The van der Waals surface area contributed by atoms with E-state index in [1.54, 1.807) is 0 Å². The number of para-hydroxylation sites is 6. The lowest BCUT2D eigenvalue weighted by Gasteiger charge is -2.34. The maximum atomic E-state index is 3.95. The van der Waals surface area contributed by atoms with Gasteiger partial charge in [0.15, 0.2) is 0 Å². The summed E-state index contributed by atoms with van der Waals surface area (Å²) in [5, 5.41) is 11.9. The van der Waals surface area contributed by atoms with Crippen LogP contribution in [0, 0.1) is 20.8 Å². The first-order valence-corrected chi connectivity index (χ1v) is 20.9. The molecule has 0 aliphatic carbocycles. The molecule has 0 bridgehead atoms. The fourth-order valence-electron chi connectivity index (χ4n) is 8.26. The van der Waals surface area contributed by atoms with E-state index >= 15 is 0 Å². The van der Waals surface area contributed by atoms with Crippen LogP contribution in [0.1, 0.15) is 16.7 Å². The molecule has 0 heterocycles. The number of nitrogens with one attached hydrogen (secondary N) is 3. The molecule has 0 spiro atoms. The second-order valence-electron chi connectivity index (χ2n) is 15.4. The molecular weight excluding hydrogens is 741 g/mol. The molecule has 296 valence electrons. The molecule has 9 rings (SSSR count). The van der Waals surface area contributed by atoms with Gasteiger partial charge < -0.3 is 20.9 Å². The molecule has 4 heteroatoms. The van der Waals surface area contributed by atoms with Crippen LogP contribution in [0.4, 0.5) is 51.2 Å². The molecule has 9 aromatic rings. The Kier molecular flexibility index (Phi) is 11.1. The molecule has 0 saturated carbocycles. The number of aryl methyl sites for hydroxylation is 3. The van der Waals surface area contributed by atoms with Gasteiger partial charge in [0.25, 0.3) is 0 Å². The van der Waals surface area contributed by atoms with Gasteiger partial charge >= 0.3 is 0 Å². The Labute approximate surface area is 359 Å². The topological polar surface area (TPSA) is 39.3 Å². The maximum absolute atomic E-state index is 3.95. The highest BCUT2D eigenvalue weighted by Gasteiger charge is 2.27. The Bertz CT molecular complexity index is 2600. The number of anilines is 9. The molecule has 0 amide bonds. The van der Waals surface area contributed by atoms with Crippen LogP contribution in [0.15, 0.2) is 218 Å². The van der Waals surface area contributed by atoms with Gasteiger partial charge in [0.1, 0.15) is 0 Å². The number of nitrogens with zero attached hydrogens (tertiary/aromatic N) is 1. The number of benzene rings is 9. The summed E-state index contributed by atoms with van der Waals surface area (Å²) in [4.78, 5) is 2.44. The van der Waals surface area contributed by atoms with Gasteiger partial charge in [-0.15, -0.1) is 0 Å². The first-order valence-electron chi connectivity index (χ1n) is 20.9. The molecule has 4 nitrogen and oxygen atoms in total. The summed E-state index contributed by atoms with van der Waals surface area (Å²) in [6, 6.07) is 77.3. The Hall–Kier alpha value is -7.82. The molecule has 0 aliphatic rings. The predicted octanol–water partition coefficient (Wildman–Crippen LogP) is 16.3. The quantitative estimate of drug-likeness (QED) is 0.115. The summed E-state index contributed by atoms with van der Waals surface area (Å²) < 4.78 is 0. The van der Waals surface area contributed by atoms with Gasteiger partial charge in [0, 0.05) is 33.8 Å². The zero-order chi connectivity index (χ0) is 41.5. The van der Waals surface area contributed by atoms with E-state index in [1.165, 1.54) is 16.7 Å². The summed E-state index contributed by atoms with van der Waals surface area (Å²) in [5.41, 5.74) is 19.3. The zero-order valence-electron chi connectivity index (χ0n) is 34.7. The third-order valence-corrected chi connectivity index (χ3v) is 11.3. The van der Waals surface area contributed by atoms with Crippen molar-refractivity contribution >= 4 is 51.2 Å². The predicted molar refractivity (Wildman–Crippen MR) is 261 cm³/mol. The minimum absolute atomic E-state index is 0.987. The molecule has 0 aliphatic heterocycles. The van der Waals surface area contributed by atoms with Crippen molar-refractivity contribution in [1.29, 1.82) is 0 Å². The molecule has 0 unspecified atom stereocenters. The standard InChI is InChI=1S/C57H48N4/c1-40-22-13-16-31-46(40)49-34-19-37-52(55(49)58-43-25-7-4-8-26-43)61(53-38-20-35-50(47-32-17-14-23-41(47)2)56(53)59-44-27-9-5-10-28-44)54-39-21-36-51(48-33-18-15-24-42(48)3)57(54)60-45-29-11-6-12-30-45/h4-39,58-60H,1-3H3. The Morgan fingerprint density at radius 2 is 0.492 bits per heavy atom. The average molecular weight is 789 g/mol. The largest absolute Gasteiger partial charge is 0.353 e. The third kappa shape index (κ3) is 8.12. The van der Waals surface area contributed by atoms with Crippen LogP contribution < -0.4 is 20.9 Å². The van der Waals surface area contributed by atoms with Gasteiger partial charge in [0.2, 0.25) is 0 Å². The van der Waals surface area contributed by atoms with Gasteiger partial charge in [-0.2, -0.15) is 0 Å². The van der Waals surface area contributed by atoms with Crippen LogP contribution in [-0.2, 0) is 0 Å². The highest BCUT2D eigenvalue weighted by atomic mass is 15.2. The molecular formula is C57H48N4. The highest BCUT2D eigenvalue weighted by molar-refractivity contribution is 6.05. The van der Waals surface area contributed by atoms with Crippen molar-refractivity contribution < 1.29 is 0 Å². The third-order valence-electron chi connectivity index (χ3n) is 11.3. The van der Waals surface area contributed by atoms with Gasteiger partial charge in [-0.25, -0.2) is 0 Å². The molecule has 9 aromatic carbocycles. The molecule has 0 radical (unpaired) electrons. The van der Waals surface area contributed by atoms with Crippen molar-refractivity contribution in [2.45, 2.75) is 20.8 Å². The van der Waals surface area contributed by atoms with Crippen LogP contribution in [0.25, 0.3) is 33.4 Å². The summed E-state index contributed by atoms with van der Waals surface area (Å²) in [6.07, 6.45) is 0. The van der Waals surface area contributed by atoms with Crippen LogP contribution in [-0.4, -0.2) is 0 Å². The van der Waals surface area contributed by atoms with Gasteiger partial charge in [-0.05, 0) is 109 Å². The van der Waals surface area contributed by atoms with Crippen molar-refractivity contribution in [2.75, 3.05) is 20.9 Å². The van der Waals surface area contributed by atoms with E-state index in [0.29, 0.717) is 0 Å². The molecule has 0 saturated heterocycles. The van der Waals surface area contributed by atoms with E-state index in [1.807, 2.05) is 0 Å². The van der Waals surface area contributed by atoms with Crippen molar-refractivity contribution in [3.05, 3.63) is 235 Å². The lowest BCUT2D eigenvalue weighted by molar-refractivity contribution is 1.27. The smallest absolute Gasteiger partial charge is 0.0709 e. The summed E-state index contributed by atoms with van der Waals surface area (Å²) in [6.45, 7) is 6.56. The maximum Gasteiger partial charge on any atom is 0.0709 e. The molecule has 3 N–H and O–H groups in total. The summed E-state index contributed by atoms with van der Waals surface area (Å²) in [7, 11) is 0. The minimum atomic E-state index is 0.987. The van der Waals surface area contributed by atoms with E-state index in [0.717, 1.165) is 84.6 Å². The highest BCUT2D eigenvalue weighted by Crippen LogP contribution is 2.53. The van der Waals surface area contributed by atoms with Crippen LogP contribution in [0.5, 0.6) is 0 Å². The van der Waals surface area contributed by atoms with Gasteiger partial charge in [0.05, 0.1) is 34.1 Å². The first-order chi connectivity index (χ1) is 30.0. The van der Waals surface area contributed by atoms with Crippen LogP contribution in [0.2, 0.25) is 0 Å². The van der Waals surface area contributed by atoms with E-state index < -0.39 is 0 Å². The molecule has 0 atom stereocenters. The molecule has 0 fully saturated rings. The Balaban J connectivity index is 1.41. The van der Waals surface area contributed by atoms with E-state index in [2.05, 4.69) is 260 Å². The molecule has 0 aromatic heterocycles. The summed E-state index contributed by atoms with van der Waals surface area (Å²) >= 11 is 0. The van der Waals surface area contributed by atoms with E-state index in [9.17, 15) is 0 Å². The average Bonchev–Trinajstić information content (AvgIpc) is 3.30. The van der Waals surface area contributed by atoms with Crippen molar-refractivity contribution in [2.24, 2.45) is 0 Å². The van der Waals surface area contributed by atoms with Gasteiger partial charge in [-0.3, -0.25) is 0 Å². The number of hydrogen-bond donors (Lipinski definition) is 3. The SMILES string of the molecule is Cc1ccccc1-c1cccc(N(c2cccc(-c3ccccc3C)c2Nc2ccccc2)c2cccc(-c3ccccc3C)c2Nc2ccccc2)c1Nc1ccccc1. The molecule has 61 heavy (non-hydrogen) atoms. The van der Waals surface area contributed by atoms with Crippen molar-refractivity contribution in [3.8, 4) is 33.4 Å². The van der Waals surface area contributed by atoms with Crippen molar-refractivity contribution in [1.82, 2.24) is 0 Å². The van der Waals surface area contributed by atoms with E-state index in [-0.39, 0.29) is 0 Å². The number of rotatable bonds is 12.